The van der Waals surface area contributed by atoms with E-state index in [1.54, 1.807) is 0 Å². The summed E-state index contributed by atoms with van der Waals surface area (Å²) in [7, 11) is 0. The molecular formula is C15H22BrNO. The summed E-state index contributed by atoms with van der Waals surface area (Å²) >= 11 is 3.47. The molecule has 2 nitrogen and oxygen atoms in total. The van der Waals surface area contributed by atoms with Crippen molar-refractivity contribution in [1.29, 1.82) is 0 Å². The maximum absolute atomic E-state index is 12.3. The van der Waals surface area contributed by atoms with Crippen LogP contribution in [0.15, 0.2) is 22.7 Å². The van der Waals surface area contributed by atoms with Crippen molar-refractivity contribution in [2.45, 2.75) is 52.5 Å². The minimum Gasteiger partial charge on any atom is -0.347 e. The average Bonchev–Trinajstić information content (AvgIpc) is 2.39. The third-order valence-corrected chi connectivity index (χ3v) is 4.70. The number of hydrogen-bond acceptors (Lipinski definition) is 1. The Morgan fingerprint density at radius 1 is 1.22 bits per heavy atom. The molecule has 0 aliphatic heterocycles. The Hall–Kier alpha value is -0.830. The molecule has 0 atom stereocenters. The minimum absolute atomic E-state index is 0.0150. The summed E-state index contributed by atoms with van der Waals surface area (Å²) in [4.78, 5) is 12.3. The lowest BCUT2D eigenvalue weighted by molar-refractivity contribution is 0.0888. The third-order valence-electron chi connectivity index (χ3n) is 3.84. The number of hydrogen-bond donors (Lipinski definition) is 1. The van der Waals surface area contributed by atoms with Gasteiger partial charge in [0.05, 0.1) is 0 Å². The molecule has 0 aromatic heterocycles. The number of rotatable bonds is 5. The average molecular weight is 312 g/mol. The topological polar surface area (TPSA) is 29.1 Å². The van der Waals surface area contributed by atoms with E-state index in [9.17, 15) is 4.79 Å². The molecular weight excluding hydrogens is 290 g/mol. The molecule has 0 saturated heterocycles. The zero-order valence-corrected chi connectivity index (χ0v) is 13.2. The quantitative estimate of drug-likeness (QED) is 0.854. The first-order valence-corrected chi connectivity index (χ1v) is 7.36. The molecule has 0 spiro atoms. The minimum atomic E-state index is -0.0750. The highest BCUT2D eigenvalue weighted by molar-refractivity contribution is 9.10. The van der Waals surface area contributed by atoms with Crippen LogP contribution in [-0.2, 0) is 0 Å². The number of benzene rings is 1. The molecule has 1 rings (SSSR count). The Bertz CT molecular complexity index is 416. The molecule has 0 radical (unpaired) electrons. The van der Waals surface area contributed by atoms with E-state index in [0.717, 1.165) is 29.3 Å². The fourth-order valence-electron chi connectivity index (χ4n) is 2.06. The van der Waals surface area contributed by atoms with Crippen molar-refractivity contribution in [3.63, 3.8) is 0 Å². The molecule has 1 N–H and O–H groups in total. The second-order valence-corrected chi connectivity index (χ2v) is 5.61. The summed E-state index contributed by atoms with van der Waals surface area (Å²) in [6.07, 6.45) is 2.87. The SMILES string of the molecule is CCC(CC)(CC)NC(=O)c1ccc(C)c(Br)c1. The van der Waals surface area contributed by atoms with E-state index < -0.39 is 0 Å². The van der Waals surface area contributed by atoms with Gasteiger partial charge >= 0.3 is 0 Å². The summed E-state index contributed by atoms with van der Waals surface area (Å²) in [6, 6.07) is 5.72. The van der Waals surface area contributed by atoms with Crippen molar-refractivity contribution in [3.8, 4) is 0 Å². The van der Waals surface area contributed by atoms with Crippen LogP contribution in [0.2, 0.25) is 0 Å². The standard InChI is InChI=1S/C15H22BrNO/c1-5-15(6-2,7-3)17-14(18)12-9-8-11(4)13(16)10-12/h8-10H,5-7H2,1-4H3,(H,17,18). The van der Waals surface area contributed by atoms with Crippen LogP contribution in [0.4, 0.5) is 0 Å². The van der Waals surface area contributed by atoms with Crippen LogP contribution in [0.25, 0.3) is 0 Å². The van der Waals surface area contributed by atoms with Gasteiger partial charge in [-0.3, -0.25) is 4.79 Å². The predicted octanol–water partition coefficient (Wildman–Crippen LogP) is 4.46. The van der Waals surface area contributed by atoms with E-state index in [-0.39, 0.29) is 11.4 Å². The van der Waals surface area contributed by atoms with Gasteiger partial charge < -0.3 is 5.32 Å². The van der Waals surface area contributed by atoms with Gasteiger partial charge in [-0.2, -0.15) is 0 Å². The second kappa shape index (κ2) is 6.37. The molecule has 0 bridgehead atoms. The van der Waals surface area contributed by atoms with Crippen LogP contribution in [-0.4, -0.2) is 11.4 Å². The van der Waals surface area contributed by atoms with Gasteiger partial charge in [-0.1, -0.05) is 42.8 Å². The summed E-state index contributed by atoms with van der Waals surface area (Å²) in [5.74, 6) is 0.0150. The van der Waals surface area contributed by atoms with Gasteiger partial charge in [0.25, 0.3) is 5.91 Å². The number of carbonyl (C=O) groups excluding carboxylic acids is 1. The highest BCUT2D eigenvalue weighted by Gasteiger charge is 2.26. The van der Waals surface area contributed by atoms with Crippen LogP contribution in [0.5, 0.6) is 0 Å². The summed E-state index contributed by atoms with van der Waals surface area (Å²) in [5, 5.41) is 3.18. The predicted molar refractivity (Wildman–Crippen MR) is 79.9 cm³/mol. The van der Waals surface area contributed by atoms with Crippen LogP contribution in [0, 0.1) is 6.92 Å². The zero-order valence-electron chi connectivity index (χ0n) is 11.6. The second-order valence-electron chi connectivity index (χ2n) is 4.76. The van der Waals surface area contributed by atoms with Crippen molar-refractivity contribution in [1.82, 2.24) is 5.32 Å². The monoisotopic (exact) mass is 311 g/mol. The molecule has 100 valence electrons. The summed E-state index contributed by atoms with van der Waals surface area (Å²) in [5.41, 5.74) is 1.78. The highest BCUT2D eigenvalue weighted by Crippen LogP contribution is 2.22. The van der Waals surface area contributed by atoms with Crippen molar-refractivity contribution in [2.75, 3.05) is 0 Å². The first kappa shape index (κ1) is 15.2. The zero-order chi connectivity index (χ0) is 13.8. The molecule has 0 fully saturated rings. The maximum Gasteiger partial charge on any atom is 0.251 e. The molecule has 18 heavy (non-hydrogen) atoms. The molecule has 0 aliphatic rings. The van der Waals surface area contributed by atoms with Crippen LogP contribution in [0.1, 0.15) is 56.0 Å². The molecule has 1 amide bonds. The van der Waals surface area contributed by atoms with Crippen LogP contribution >= 0.6 is 15.9 Å². The van der Waals surface area contributed by atoms with Gasteiger partial charge in [0, 0.05) is 15.6 Å². The lowest BCUT2D eigenvalue weighted by atomic mass is 9.89. The Kier molecular flexibility index (Phi) is 5.39. The van der Waals surface area contributed by atoms with E-state index in [1.807, 2.05) is 25.1 Å². The van der Waals surface area contributed by atoms with E-state index >= 15 is 0 Å². The van der Waals surface area contributed by atoms with Gasteiger partial charge in [-0.15, -0.1) is 0 Å². The first-order valence-electron chi connectivity index (χ1n) is 6.56. The Labute approximate surface area is 118 Å². The van der Waals surface area contributed by atoms with Gasteiger partial charge in [-0.25, -0.2) is 0 Å². The molecule has 1 aromatic carbocycles. The van der Waals surface area contributed by atoms with Gasteiger partial charge in [0.1, 0.15) is 0 Å². The molecule has 0 unspecified atom stereocenters. The number of halogens is 1. The lowest BCUT2D eigenvalue weighted by Crippen LogP contribution is -2.47. The van der Waals surface area contributed by atoms with Crippen LogP contribution in [0.3, 0.4) is 0 Å². The molecule has 1 aromatic rings. The Balaban J connectivity index is 2.90. The van der Waals surface area contributed by atoms with E-state index in [4.69, 9.17) is 0 Å². The van der Waals surface area contributed by atoms with E-state index in [0.29, 0.717) is 5.56 Å². The summed E-state index contributed by atoms with van der Waals surface area (Å²) in [6.45, 7) is 8.38. The molecule has 3 heteroatoms. The first-order chi connectivity index (χ1) is 8.48. The lowest BCUT2D eigenvalue weighted by Gasteiger charge is -2.31. The number of nitrogens with one attached hydrogen (secondary N) is 1. The van der Waals surface area contributed by atoms with Gasteiger partial charge in [0.2, 0.25) is 0 Å². The molecule has 0 saturated carbocycles. The highest BCUT2D eigenvalue weighted by atomic mass is 79.9. The van der Waals surface area contributed by atoms with Gasteiger partial charge in [-0.05, 0) is 43.9 Å². The summed E-state index contributed by atoms with van der Waals surface area (Å²) < 4.78 is 0.977. The third kappa shape index (κ3) is 3.35. The van der Waals surface area contributed by atoms with E-state index in [2.05, 4.69) is 42.0 Å². The van der Waals surface area contributed by atoms with E-state index in [1.165, 1.54) is 0 Å². The number of amides is 1. The van der Waals surface area contributed by atoms with Crippen molar-refractivity contribution in [2.24, 2.45) is 0 Å². The van der Waals surface area contributed by atoms with Crippen molar-refractivity contribution in [3.05, 3.63) is 33.8 Å². The van der Waals surface area contributed by atoms with Crippen molar-refractivity contribution >= 4 is 21.8 Å². The normalized spacial score (nSPS) is 11.4. The molecule has 0 aliphatic carbocycles. The Morgan fingerprint density at radius 3 is 2.22 bits per heavy atom. The van der Waals surface area contributed by atoms with Crippen LogP contribution < -0.4 is 5.32 Å². The van der Waals surface area contributed by atoms with Crippen molar-refractivity contribution < 1.29 is 4.79 Å². The molecule has 0 heterocycles. The maximum atomic E-state index is 12.3. The fourth-order valence-corrected chi connectivity index (χ4v) is 2.44. The number of carbonyl (C=O) groups is 1. The number of aryl methyl sites for hydroxylation is 1. The Morgan fingerprint density at radius 2 is 1.78 bits per heavy atom. The van der Waals surface area contributed by atoms with Gasteiger partial charge in [0.15, 0.2) is 0 Å². The smallest absolute Gasteiger partial charge is 0.251 e. The fraction of sp³-hybridized carbons (Fsp3) is 0.533. The largest absolute Gasteiger partial charge is 0.347 e.